The van der Waals surface area contributed by atoms with Crippen molar-refractivity contribution in [2.24, 2.45) is 5.92 Å². The number of nitrogens with zero attached hydrogens (tertiary/aromatic N) is 3. The van der Waals surface area contributed by atoms with Crippen LogP contribution in [-0.4, -0.2) is 73.1 Å². The molecule has 0 atom stereocenters. The SMILES string of the molecule is CCOc1cc(CN(C)C(=O)C2CCN(C(=O)N3CCCC3)CC2)ccc1OC(F)F. The molecule has 31 heavy (non-hydrogen) atoms. The van der Waals surface area contributed by atoms with Crippen molar-refractivity contribution in [2.75, 3.05) is 39.8 Å². The van der Waals surface area contributed by atoms with Crippen molar-refractivity contribution in [2.45, 2.75) is 45.8 Å². The van der Waals surface area contributed by atoms with Crippen molar-refractivity contribution in [1.29, 1.82) is 0 Å². The zero-order valence-electron chi connectivity index (χ0n) is 18.2. The Hall–Kier alpha value is -2.58. The molecule has 172 valence electrons. The number of likely N-dealkylation sites (tertiary alicyclic amines) is 2. The van der Waals surface area contributed by atoms with E-state index in [9.17, 15) is 18.4 Å². The van der Waals surface area contributed by atoms with Crippen molar-refractivity contribution in [3.8, 4) is 11.5 Å². The van der Waals surface area contributed by atoms with Crippen LogP contribution >= 0.6 is 0 Å². The Labute approximate surface area is 181 Å². The zero-order valence-corrected chi connectivity index (χ0v) is 18.2. The lowest BCUT2D eigenvalue weighted by molar-refractivity contribution is -0.136. The number of carbonyl (C=O) groups excluding carboxylic acids is 2. The van der Waals surface area contributed by atoms with Gasteiger partial charge in [-0.05, 0) is 50.3 Å². The lowest BCUT2D eigenvalue weighted by Gasteiger charge is -2.35. The van der Waals surface area contributed by atoms with Crippen molar-refractivity contribution in [1.82, 2.24) is 14.7 Å². The fraction of sp³-hybridized carbons (Fsp3) is 0.636. The Morgan fingerprint density at radius 3 is 2.35 bits per heavy atom. The van der Waals surface area contributed by atoms with Crippen LogP contribution in [0.2, 0.25) is 0 Å². The van der Waals surface area contributed by atoms with Crippen LogP contribution in [0.1, 0.15) is 38.2 Å². The third kappa shape index (κ3) is 5.98. The van der Waals surface area contributed by atoms with Gasteiger partial charge in [-0.15, -0.1) is 0 Å². The predicted molar refractivity (Wildman–Crippen MR) is 111 cm³/mol. The molecule has 3 rings (SSSR count). The van der Waals surface area contributed by atoms with Crippen molar-refractivity contribution >= 4 is 11.9 Å². The molecule has 3 amide bonds. The number of hydrogen-bond donors (Lipinski definition) is 0. The highest BCUT2D eigenvalue weighted by Gasteiger charge is 2.31. The van der Waals surface area contributed by atoms with E-state index >= 15 is 0 Å². The van der Waals surface area contributed by atoms with Gasteiger partial charge >= 0.3 is 12.6 Å². The minimum atomic E-state index is -2.93. The van der Waals surface area contributed by atoms with Crippen LogP contribution in [0.5, 0.6) is 11.5 Å². The van der Waals surface area contributed by atoms with E-state index in [1.54, 1.807) is 31.0 Å². The lowest BCUT2D eigenvalue weighted by atomic mass is 9.95. The summed E-state index contributed by atoms with van der Waals surface area (Å²) in [7, 11) is 1.73. The third-order valence-corrected chi connectivity index (χ3v) is 5.81. The fourth-order valence-electron chi connectivity index (χ4n) is 4.20. The lowest BCUT2D eigenvalue weighted by Crippen LogP contribution is -2.47. The molecule has 0 unspecified atom stereocenters. The van der Waals surface area contributed by atoms with E-state index < -0.39 is 6.61 Å². The summed E-state index contributed by atoms with van der Waals surface area (Å²) in [6, 6.07) is 4.81. The molecule has 0 radical (unpaired) electrons. The van der Waals surface area contributed by atoms with E-state index in [2.05, 4.69) is 4.74 Å². The smallest absolute Gasteiger partial charge is 0.387 e. The van der Waals surface area contributed by atoms with E-state index in [1.807, 2.05) is 9.80 Å². The molecule has 2 fully saturated rings. The van der Waals surface area contributed by atoms with Gasteiger partial charge in [-0.3, -0.25) is 4.79 Å². The molecule has 0 saturated carbocycles. The van der Waals surface area contributed by atoms with Crippen LogP contribution < -0.4 is 9.47 Å². The summed E-state index contributed by atoms with van der Waals surface area (Å²) in [4.78, 5) is 30.8. The van der Waals surface area contributed by atoms with E-state index in [0.29, 0.717) is 39.1 Å². The summed E-state index contributed by atoms with van der Waals surface area (Å²) in [5.41, 5.74) is 0.766. The maximum atomic E-state index is 12.9. The number of benzene rings is 1. The van der Waals surface area contributed by atoms with Gasteiger partial charge in [0.15, 0.2) is 11.5 Å². The van der Waals surface area contributed by atoms with Crippen LogP contribution in [0.25, 0.3) is 0 Å². The van der Waals surface area contributed by atoms with Gasteiger partial charge in [-0.2, -0.15) is 8.78 Å². The molecule has 2 saturated heterocycles. The molecule has 7 nitrogen and oxygen atoms in total. The fourth-order valence-corrected chi connectivity index (χ4v) is 4.20. The second-order valence-corrected chi connectivity index (χ2v) is 8.02. The number of amides is 3. The largest absolute Gasteiger partial charge is 0.490 e. The molecule has 0 aliphatic carbocycles. The van der Waals surface area contributed by atoms with Crippen molar-refractivity contribution in [3.05, 3.63) is 23.8 Å². The van der Waals surface area contributed by atoms with Gasteiger partial charge in [0.05, 0.1) is 6.61 Å². The van der Waals surface area contributed by atoms with Gasteiger partial charge in [-0.1, -0.05) is 6.07 Å². The van der Waals surface area contributed by atoms with Crippen molar-refractivity contribution < 1.29 is 27.8 Å². The molecule has 0 bridgehead atoms. The molecule has 1 aromatic rings. The second kappa shape index (κ2) is 10.6. The molecule has 9 heteroatoms. The third-order valence-electron chi connectivity index (χ3n) is 5.81. The van der Waals surface area contributed by atoms with Crippen LogP contribution in [0, 0.1) is 5.92 Å². The van der Waals surface area contributed by atoms with Gasteiger partial charge in [0.2, 0.25) is 5.91 Å². The Morgan fingerprint density at radius 1 is 1.10 bits per heavy atom. The molecule has 2 aliphatic rings. The summed E-state index contributed by atoms with van der Waals surface area (Å²) < 4.78 is 35.0. The van der Waals surface area contributed by atoms with E-state index in [1.165, 1.54) is 6.07 Å². The van der Waals surface area contributed by atoms with Crippen LogP contribution in [0.15, 0.2) is 18.2 Å². The van der Waals surface area contributed by atoms with Crippen molar-refractivity contribution in [3.63, 3.8) is 0 Å². The molecule has 0 aromatic heterocycles. The highest BCUT2D eigenvalue weighted by molar-refractivity contribution is 5.79. The number of carbonyl (C=O) groups is 2. The summed E-state index contributed by atoms with van der Waals surface area (Å²) in [5.74, 6) is 0.110. The average Bonchev–Trinajstić information content (AvgIpc) is 3.29. The highest BCUT2D eigenvalue weighted by Crippen LogP contribution is 2.30. The van der Waals surface area contributed by atoms with Crippen LogP contribution in [0.4, 0.5) is 13.6 Å². The normalized spacial score (nSPS) is 17.2. The molecule has 2 aliphatic heterocycles. The highest BCUT2D eigenvalue weighted by atomic mass is 19.3. The number of ether oxygens (including phenoxy) is 2. The first-order valence-corrected chi connectivity index (χ1v) is 10.9. The minimum Gasteiger partial charge on any atom is -0.490 e. The van der Waals surface area contributed by atoms with E-state index in [-0.39, 0.29) is 29.4 Å². The van der Waals surface area contributed by atoms with Gasteiger partial charge in [0.1, 0.15) is 0 Å². The maximum Gasteiger partial charge on any atom is 0.387 e. The number of piperidine rings is 1. The van der Waals surface area contributed by atoms with E-state index in [0.717, 1.165) is 31.5 Å². The number of rotatable bonds is 7. The first-order valence-electron chi connectivity index (χ1n) is 10.9. The molecule has 0 spiro atoms. The standard InChI is InChI=1S/C22H31F2N3O4/c1-3-30-19-14-16(6-7-18(19)31-21(23)24)15-25(2)20(28)17-8-12-27(13-9-17)22(29)26-10-4-5-11-26/h6-7,14,17,21H,3-5,8-13,15H2,1-2H3. The second-order valence-electron chi connectivity index (χ2n) is 8.02. The molecule has 1 aromatic carbocycles. The first kappa shape index (κ1) is 23.1. The molecular formula is C22H31F2N3O4. The van der Waals surface area contributed by atoms with Crippen LogP contribution in [-0.2, 0) is 11.3 Å². The number of urea groups is 1. The predicted octanol–water partition coefficient (Wildman–Crippen LogP) is 3.57. The van der Waals surface area contributed by atoms with Crippen LogP contribution in [0.3, 0.4) is 0 Å². The summed E-state index contributed by atoms with van der Waals surface area (Å²) in [5, 5.41) is 0. The quantitative estimate of drug-likeness (QED) is 0.652. The molecule has 2 heterocycles. The van der Waals surface area contributed by atoms with Gasteiger partial charge in [0.25, 0.3) is 0 Å². The number of alkyl halides is 2. The number of halogens is 2. The van der Waals surface area contributed by atoms with E-state index in [4.69, 9.17) is 4.74 Å². The van der Waals surface area contributed by atoms with Gasteiger partial charge < -0.3 is 24.2 Å². The maximum absolute atomic E-state index is 12.9. The Balaban J connectivity index is 1.54. The van der Waals surface area contributed by atoms with Gasteiger partial charge in [0, 0.05) is 45.7 Å². The summed E-state index contributed by atoms with van der Waals surface area (Å²) in [6.45, 7) is 2.30. The average molecular weight is 440 g/mol. The monoisotopic (exact) mass is 439 g/mol. The minimum absolute atomic E-state index is 0.0235. The molecule has 0 N–H and O–H groups in total. The zero-order chi connectivity index (χ0) is 22.4. The Kier molecular flexibility index (Phi) is 7.92. The van der Waals surface area contributed by atoms with Gasteiger partial charge in [-0.25, -0.2) is 4.79 Å². The Bertz CT molecular complexity index is 763. The summed E-state index contributed by atoms with van der Waals surface area (Å²) in [6.07, 6.45) is 3.42. The summed E-state index contributed by atoms with van der Waals surface area (Å²) >= 11 is 0. The topological polar surface area (TPSA) is 62.3 Å². The molecular weight excluding hydrogens is 408 g/mol. The first-order chi connectivity index (χ1) is 14.9. The Morgan fingerprint density at radius 2 is 1.74 bits per heavy atom. The number of hydrogen-bond acceptors (Lipinski definition) is 4.